The molecule has 2 aromatic carbocycles. The third-order valence-electron chi connectivity index (χ3n) is 3.88. The van der Waals surface area contributed by atoms with Gasteiger partial charge in [0.2, 0.25) is 10.0 Å². The first-order chi connectivity index (χ1) is 12.9. The summed E-state index contributed by atoms with van der Waals surface area (Å²) >= 11 is 0. The van der Waals surface area contributed by atoms with Crippen molar-refractivity contribution in [3.63, 3.8) is 0 Å². The highest BCUT2D eigenvalue weighted by Crippen LogP contribution is 2.13. The molecule has 0 radical (unpaired) electrons. The molecule has 140 valence electrons. The normalized spacial score (nSPS) is 11.1. The number of rotatable bonds is 7. The molecule has 0 aliphatic heterocycles. The highest BCUT2D eigenvalue weighted by atomic mass is 32.2. The molecular formula is C19H20N4O3S. The fourth-order valence-corrected chi connectivity index (χ4v) is 3.22. The third-order valence-corrected chi connectivity index (χ3v) is 4.48. The van der Waals surface area contributed by atoms with E-state index in [-0.39, 0.29) is 5.91 Å². The van der Waals surface area contributed by atoms with E-state index in [1.807, 2.05) is 41.2 Å². The summed E-state index contributed by atoms with van der Waals surface area (Å²) in [5.41, 5.74) is 2.79. The van der Waals surface area contributed by atoms with Gasteiger partial charge in [-0.1, -0.05) is 30.3 Å². The number of amides is 1. The molecule has 0 saturated carbocycles. The Balaban J connectivity index is 1.69. The number of anilines is 1. The second-order valence-electron chi connectivity index (χ2n) is 6.11. The zero-order valence-corrected chi connectivity index (χ0v) is 15.6. The molecule has 27 heavy (non-hydrogen) atoms. The largest absolute Gasteiger partial charge is 0.348 e. The molecular weight excluding hydrogens is 364 g/mol. The van der Waals surface area contributed by atoms with Gasteiger partial charge in [0.05, 0.1) is 12.8 Å². The highest BCUT2D eigenvalue weighted by Gasteiger charge is 2.10. The summed E-state index contributed by atoms with van der Waals surface area (Å²) in [6, 6.07) is 16.1. The monoisotopic (exact) mass is 384 g/mol. The van der Waals surface area contributed by atoms with Crippen LogP contribution in [0.15, 0.2) is 67.0 Å². The van der Waals surface area contributed by atoms with Gasteiger partial charge in [0, 0.05) is 30.2 Å². The van der Waals surface area contributed by atoms with E-state index >= 15 is 0 Å². The molecule has 0 aliphatic rings. The predicted molar refractivity (Wildman–Crippen MR) is 104 cm³/mol. The maximum absolute atomic E-state index is 12.5. The van der Waals surface area contributed by atoms with Crippen LogP contribution in [0.5, 0.6) is 0 Å². The van der Waals surface area contributed by atoms with Gasteiger partial charge in [-0.3, -0.25) is 14.2 Å². The van der Waals surface area contributed by atoms with Crippen molar-refractivity contribution >= 4 is 21.6 Å². The number of benzene rings is 2. The number of hydrogen-bond donors (Lipinski definition) is 2. The van der Waals surface area contributed by atoms with E-state index < -0.39 is 10.0 Å². The van der Waals surface area contributed by atoms with E-state index in [2.05, 4.69) is 15.1 Å². The van der Waals surface area contributed by atoms with Gasteiger partial charge in [-0.05, 0) is 35.4 Å². The lowest BCUT2D eigenvalue weighted by molar-refractivity contribution is 0.0951. The highest BCUT2D eigenvalue weighted by molar-refractivity contribution is 7.92. The molecule has 1 heterocycles. The molecule has 0 bridgehead atoms. The standard InChI is InChI=1S/C19H20N4O3S/c1-27(25,26)22-18-9-4-8-15(12-18)19(24)20-13-16-6-2-3-7-17(16)14-23-11-5-10-21-23/h2-12,22H,13-14H2,1H3,(H,20,24). The van der Waals surface area contributed by atoms with Crippen molar-refractivity contribution < 1.29 is 13.2 Å². The Morgan fingerprint density at radius 2 is 1.85 bits per heavy atom. The second-order valence-corrected chi connectivity index (χ2v) is 7.86. The van der Waals surface area contributed by atoms with Gasteiger partial charge in [-0.15, -0.1) is 0 Å². The molecule has 3 aromatic rings. The Morgan fingerprint density at radius 3 is 2.56 bits per heavy atom. The van der Waals surface area contributed by atoms with Crippen molar-refractivity contribution in [3.8, 4) is 0 Å². The summed E-state index contributed by atoms with van der Waals surface area (Å²) in [5, 5.41) is 7.09. The smallest absolute Gasteiger partial charge is 0.251 e. The lowest BCUT2D eigenvalue weighted by Crippen LogP contribution is -2.24. The number of nitrogens with one attached hydrogen (secondary N) is 2. The molecule has 0 fully saturated rings. The topological polar surface area (TPSA) is 93.1 Å². The first kappa shape index (κ1) is 18.7. The summed E-state index contributed by atoms with van der Waals surface area (Å²) in [4.78, 5) is 12.5. The maximum atomic E-state index is 12.5. The van der Waals surface area contributed by atoms with Crippen molar-refractivity contribution in [2.75, 3.05) is 11.0 Å². The van der Waals surface area contributed by atoms with E-state index in [9.17, 15) is 13.2 Å². The molecule has 0 atom stereocenters. The zero-order valence-electron chi connectivity index (χ0n) is 14.8. The lowest BCUT2D eigenvalue weighted by Gasteiger charge is -2.12. The van der Waals surface area contributed by atoms with E-state index in [1.165, 1.54) is 6.07 Å². The first-order valence-electron chi connectivity index (χ1n) is 8.31. The van der Waals surface area contributed by atoms with Crippen LogP contribution in [0, 0.1) is 0 Å². The van der Waals surface area contributed by atoms with Gasteiger partial charge in [-0.25, -0.2) is 8.42 Å². The Hall–Kier alpha value is -3.13. The minimum Gasteiger partial charge on any atom is -0.348 e. The molecule has 3 rings (SSSR count). The zero-order chi connectivity index (χ0) is 19.3. The van der Waals surface area contributed by atoms with Gasteiger partial charge in [0.15, 0.2) is 0 Å². The quantitative estimate of drug-likeness (QED) is 0.653. The van der Waals surface area contributed by atoms with Crippen LogP contribution in [-0.2, 0) is 23.1 Å². The van der Waals surface area contributed by atoms with Crippen LogP contribution in [0.1, 0.15) is 21.5 Å². The number of carbonyl (C=O) groups excluding carboxylic acids is 1. The Bertz CT molecular complexity index is 1030. The van der Waals surface area contributed by atoms with Crippen molar-refractivity contribution in [1.29, 1.82) is 0 Å². The van der Waals surface area contributed by atoms with E-state index in [1.54, 1.807) is 24.4 Å². The van der Waals surface area contributed by atoms with Crippen molar-refractivity contribution in [2.24, 2.45) is 0 Å². The number of sulfonamides is 1. The average Bonchev–Trinajstić information content (AvgIpc) is 3.12. The van der Waals surface area contributed by atoms with Gasteiger partial charge in [-0.2, -0.15) is 5.10 Å². The van der Waals surface area contributed by atoms with E-state index in [0.717, 1.165) is 17.4 Å². The van der Waals surface area contributed by atoms with Crippen molar-refractivity contribution in [3.05, 3.63) is 83.7 Å². The van der Waals surface area contributed by atoms with E-state index in [0.29, 0.717) is 24.3 Å². The molecule has 0 unspecified atom stereocenters. The summed E-state index contributed by atoms with van der Waals surface area (Å²) in [7, 11) is -3.40. The minimum atomic E-state index is -3.40. The van der Waals surface area contributed by atoms with Crippen LogP contribution >= 0.6 is 0 Å². The van der Waals surface area contributed by atoms with E-state index in [4.69, 9.17) is 0 Å². The van der Waals surface area contributed by atoms with Crippen LogP contribution in [-0.4, -0.2) is 30.4 Å². The first-order valence-corrected chi connectivity index (χ1v) is 10.2. The number of nitrogens with zero attached hydrogens (tertiary/aromatic N) is 2. The van der Waals surface area contributed by atoms with Crippen molar-refractivity contribution in [1.82, 2.24) is 15.1 Å². The Kier molecular flexibility index (Phi) is 5.56. The van der Waals surface area contributed by atoms with Crippen LogP contribution in [0.4, 0.5) is 5.69 Å². The van der Waals surface area contributed by atoms with Crippen molar-refractivity contribution in [2.45, 2.75) is 13.1 Å². The van der Waals surface area contributed by atoms with Crippen LogP contribution in [0.2, 0.25) is 0 Å². The molecule has 8 heteroatoms. The van der Waals surface area contributed by atoms with Gasteiger partial charge in [0.25, 0.3) is 5.91 Å². The SMILES string of the molecule is CS(=O)(=O)Nc1cccc(C(=O)NCc2ccccc2Cn2cccn2)c1. The number of aromatic nitrogens is 2. The second kappa shape index (κ2) is 8.05. The number of carbonyl (C=O) groups is 1. The fraction of sp³-hybridized carbons (Fsp3) is 0.158. The summed E-state index contributed by atoms with van der Waals surface area (Å²) in [5.74, 6) is -0.277. The fourth-order valence-electron chi connectivity index (χ4n) is 2.67. The Morgan fingerprint density at radius 1 is 1.07 bits per heavy atom. The van der Waals surface area contributed by atoms with Gasteiger partial charge < -0.3 is 5.32 Å². The van der Waals surface area contributed by atoms with Gasteiger partial charge in [0.1, 0.15) is 0 Å². The molecule has 1 amide bonds. The third kappa shape index (κ3) is 5.42. The molecule has 0 saturated heterocycles. The molecule has 1 aromatic heterocycles. The average molecular weight is 384 g/mol. The summed E-state index contributed by atoms with van der Waals surface area (Å²) < 4.78 is 26.9. The predicted octanol–water partition coefficient (Wildman–Crippen LogP) is 2.23. The van der Waals surface area contributed by atoms with Crippen LogP contribution in [0.25, 0.3) is 0 Å². The summed E-state index contributed by atoms with van der Waals surface area (Å²) in [6.45, 7) is 0.979. The number of hydrogen-bond acceptors (Lipinski definition) is 4. The lowest BCUT2D eigenvalue weighted by atomic mass is 10.1. The molecule has 2 N–H and O–H groups in total. The maximum Gasteiger partial charge on any atom is 0.251 e. The minimum absolute atomic E-state index is 0.277. The molecule has 7 nitrogen and oxygen atoms in total. The molecule has 0 spiro atoms. The Labute approximate surface area is 158 Å². The molecule has 0 aliphatic carbocycles. The van der Waals surface area contributed by atoms with Gasteiger partial charge >= 0.3 is 0 Å². The van der Waals surface area contributed by atoms with Crippen LogP contribution in [0.3, 0.4) is 0 Å². The van der Waals surface area contributed by atoms with Crippen LogP contribution < -0.4 is 10.0 Å². The summed E-state index contributed by atoms with van der Waals surface area (Å²) in [6.07, 6.45) is 4.67.